The monoisotopic (exact) mass is 256 g/mol. The Kier molecular flexibility index (Phi) is 2.72. The minimum Gasteiger partial charge on any atom is -0.443 e. The molecule has 3 nitrogen and oxygen atoms in total. The maximum Gasteiger partial charge on any atom is 0.255 e. The molecule has 18 heavy (non-hydrogen) atoms. The molecule has 0 spiro atoms. The van der Waals surface area contributed by atoms with E-state index in [1.807, 2.05) is 0 Å². The molecule has 0 fully saturated rings. The van der Waals surface area contributed by atoms with Crippen LogP contribution in [0.3, 0.4) is 0 Å². The van der Waals surface area contributed by atoms with E-state index in [1.54, 1.807) is 23.8 Å². The number of thiazole rings is 1. The van der Waals surface area contributed by atoms with Crippen LogP contribution in [0, 0.1) is 13.8 Å². The lowest BCUT2D eigenvalue weighted by Crippen LogP contribution is -1.82. The highest BCUT2D eigenvalue weighted by molar-refractivity contribution is 7.15. The average Bonchev–Trinajstić information content (AvgIpc) is 2.99. The maximum absolute atomic E-state index is 5.28. The third-order valence-electron chi connectivity index (χ3n) is 2.74. The van der Waals surface area contributed by atoms with E-state index in [9.17, 15) is 0 Å². The van der Waals surface area contributed by atoms with Crippen molar-refractivity contribution in [3.05, 3.63) is 47.2 Å². The Labute approximate surface area is 109 Å². The average molecular weight is 256 g/mol. The lowest BCUT2D eigenvalue weighted by molar-refractivity contribution is 0.574. The van der Waals surface area contributed by atoms with Crippen LogP contribution in [0.4, 0.5) is 0 Å². The van der Waals surface area contributed by atoms with E-state index in [4.69, 9.17) is 4.42 Å². The van der Waals surface area contributed by atoms with Gasteiger partial charge in [-0.1, -0.05) is 29.8 Å². The Balaban J connectivity index is 2.06. The Bertz CT molecular complexity index is 654. The Morgan fingerprint density at radius 3 is 2.56 bits per heavy atom. The number of nitrogens with zero attached hydrogens (tertiary/aromatic N) is 2. The molecule has 90 valence electrons. The lowest BCUT2D eigenvalue weighted by atomic mass is 10.1. The molecule has 0 amide bonds. The van der Waals surface area contributed by atoms with Crippen LogP contribution in [-0.4, -0.2) is 9.97 Å². The van der Waals surface area contributed by atoms with Crippen LogP contribution >= 0.6 is 11.3 Å². The number of oxazole rings is 1. The second-order valence-electron chi connectivity index (χ2n) is 4.13. The summed E-state index contributed by atoms with van der Waals surface area (Å²) >= 11 is 1.60. The molecule has 0 saturated carbocycles. The van der Waals surface area contributed by atoms with Crippen molar-refractivity contribution in [2.45, 2.75) is 13.8 Å². The number of hydrogen-bond acceptors (Lipinski definition) is 4. The van der Waals surface area contributed by atoms with E-state index in [1.165, 1.54) is 10.4 Å². The molecule has 2 heterocycles. The summed E-state index contributed by atoms with van der Waals surface area (Å²) < 4.78 is 5.28. The number of hydrogen-bond donors (Lipinski definition) is 0. The van der Waals surface area contributed by atoms with E-state index in [2.05, 4.69) is 48.1 Å². The van der Waals surface area contributed by atoms with Crippen molar-refractivity contribution in [3.8, 4) is 22.2 Å². The van der Waals surface area contributed by atoms with Gasteiger partial charge in [-0.05, 0) is 13.8 Å². The first kappa shape index (κ1) is 11.2. The van der Waals surface area contributed by atoms with Gasteiger partial charge in [0.15, 0.2) is 5.01 Å². The quantitative estimate of drug-likeness (QED) is 0.693. The normalized spacial score (nSPS) is 10.8. The molecule has 0 N–H and O–H groups in total. The summed E-state index contributed by atoms with van der Waals surface area (Å²) in [4.78, 5) is 9.92. The van der Waals surface area contributed by atoms with E-state index < -0.39 is 0 Å². The van der Waals surface area contributed by atoms with Gasteiger partial charge in [0, 0.05) is 10.4 Å². The second kappa shape index (κ2) is 4.38. The van der Waals surface area contributed by atoms with Gasteiger partial charge < -0.3 is 4.42 Å². The number of aromatic nitrogens is 2. The molecule has 0 aliphatic carbocycles. The van der Waals surface area contributed by atoms with Crippen LogP contribution < -0.4 is 0 Å². The lowest BCUT2D eigenvalue weighted by Gasteiger charge is -1.98. The summed E-state index contributed by atoms with van der Waals surface area (Å²) in [6.07, 6.45) is 3.20. The SMILES string of the molecule is Cc1ccc(-c2nc(-c3ncco3)sc2C)cc1. The van der Waals surface area contributed by atoms with Crippen LogP contribution in [0.1, 0.15) is 10.4 Å². The third kappa shape index (κ3) is 1.95. The molecule has 0 atom stereocenters. The van der Waals surface area contributed by atoms with Gasteiger partial charge in [0.25, 0.3) is 5.89 Å². The Morgan fingerprint density at radius 1 is 1.11 bits per heavy atom. The highest BCUT2D eigenvalue weighted by Crippen LogP contribution is 2.32. The topological polar surface area (TPSA) is 38.9 Å². The first-order valence-electron chi connectivity index (χ1n) is 5.68. The van der Waals surface area contributed by atoms with Crippen molar-refractivity contribution in [2.24, 2.45) is 0 Å². The van der Waals surface area contributed by atoms with E-state index in [0.717, 1.165) is 16.3 Å². The summed E-state index contributed by atoms with van der Waals surface area (Å²) in [6.45, 7) is 4.15. The van der Waals surface area contributed by atoms with Crippen molar-refractivity contribution in [3.63, 3.8) is 0 Å². The van der Waals surface area contributed by atoms with Crippen molar-refractivity contribution < 1.29 is 4.42 Å². The van der Waals surface area contributed by atoms with Crippen LogP contribution in [0.2, 0.25) is 0 Å². The van der Waals surface area contributed by atoms with Crippen molar-refractivity contribution in [1.29, 1.82) is 0 Å². The summed E-state index contributed by atoms with van der Waals surface area (Å²) in [6, 6.07) is 8.38. The first-order chi connectivity index (χ1) is 8.74. The smallest absolute Gasteiger partial charge is 0.255 e. The van der Waals surface area contributed by atoms with Gasteiger partial charge in [0.05, 0.1) is 11.9 Å². The summed E-state index contributed by atoms with van der Waals surface area (Å²) in [5, 5.41) is 0.827. The molecule has 0 aliphatic heterocycles. The summed E-state index contributed by atoms with van der Waals surface area (Å²) in [5.74, 6) is 0.585. The van der Waals surface area contributed by atoms with Gasteiger partial charge in [-0.2, -0.15) is 0 Å². The maximum atomic E-state index is 5.28. The van der Waals surface area contributed by atoms with Crippen LogP contribution in [0.15, 0.2) is 41.1 Å². The fourth-order valence-corrected chi connectivity index (χ4v) is 2.67. The Morgan fingerprint density at radius 2 is 1.89 bits per heavy atom. The number of aryl methyl sites for hydroxylation is 2. The first-order valence-corrected chi connectivity index (χ1v) is 6.50. The number of benzene rings is 1. The predicted octanol–water partition coefficient (Wildman–Crippen LogP) is 4.08. The minimum absolute atomic E-state index is 0.585. The van der Waals surface area contributed by atoms with E-state index >= 15 is 0 Å². The predicted molar refractivity (Wildman–Crippen MR) is 72.5 cm³/mol. The van der Waals surface area contributed by atoms with Gasteiger partial charge in [-0.25, -0.2) is 9.97 Å². The molecular weight excluding hydrogens is 244 g/mol. The van der Waals surface area contributed by atoms with Gasteiger partial charge >= 0.3 is 0 Å². The molecule has 0 bridgehead atoms. The fraction of sp³-hybridized carbons (Fsp3) is 0.143. The molecule has 0 saturated heterocycles. The Hall–Kier alpha value is -1.94. The molecule has 0 unspecified atom stereocenters. The molecule has 3 aromatic rings. The largest absolute Gasteiger partial charge is 0.443 e. The standard InChI is InChI=1S/C14H12N2OS/c1-9-3-5-11(6-4-9)12-10(2)18-14(16-12)13-15-7-8-17-13/h3-8H,1-2H3. The molecule has 1 aromatic carbocycles. The van der Waals surface area contributed by atoms with Crippen molar-refractivity contribution in [2.75, 3.05) is 0 Å². The highest BCUT2D eigenvalue weighted by Gasteiger charge is 2.13. The van der Waals surface area contributed by atoms with Crippen LogP contribution in [-0.2, 0) is 0 Å². The number of rotatable bonds is 2. The molecule has 2 aromatic heterocycles. The van der Waals surface area contributed by atoms with Crippen LogP contribution in [0.25, 0.3) is 22.2 Å². The van der Waals surface area contributed by atoms with Gasteiger partial charge in [0.1, 0.15) is 6.26 Å². The van der Waals surface area contributed by atoms with E-state index in [0.29, 0.717) is 5.89 Å². The molecule has 0 radical (unpaired) electrons. The van der Waals surface area contributed by atoms with Gasteiger partial charge in [-0.15, -0.1) is 11.3 Å². The molecule has 0 aliphatic rings. The molecular formula is C14H12N2OS. The zero-order chi connectivity index (χ0) is 12.5. The summed E-state index contributed by atoms with van der Waals surface area (Å²) in [7, 11) is 0. The fourth-order valence-electron chi connectivity index (χ4n) is 1.80. The van der Waals surface area contributed by atoms with E-state index in [-0.39, 0.29) is 0 Å². The zero-order valence-electron chi connectivity index (χ0n) is 10.2. The van der Waals surface area contributed by atoms with Gasteiger partial charge in [-0.3, -0.25) is 0 Å². The summed E-state index contributed by atoms with van der Waals surface area (Å²) in [5.41, 5.74) is 3.39. The van der Waals surface area contributed by atoms with Crippen molar-refractivity contribution >= 4 is 11.3 Å². The minimum atomic E-state index is 0.585. The zero-order valence-corrected chi connectivity index (χ0v) is 11.0. The second-order valence-corrected chi connectivity index (χ2v) is 5.33. The van der Waals surface area contributed by atoms with Crippen LogP contribution in [0.5, 0.6) is 0 Å². The van der Waals surface area contributed by atoms with Gasteiger partial charge in [0.2, 0.25) is 0 Å². The van der Waals surface area contributed by atoms with Crippen molar-refractivity contribution in [1.82, 2.24) is 9.97 Å². The highest BCUT2D eigenvalue weighted by atomic mass is 32.1. The molecule has 3 rings (SSSR count). The third-order valence-corrected chi connectivity index (χ3v) is 3.70. The molecule has 4 heteroatoms.